The normalized spacial score (nSPS) is 26.2. The fraction of sp³-hybridized carbons (Fsp3) is 0.526. The minimum absolute atomic E-state index is 0.123. The molecule has 1 heterocycles. The highest BCUT2D eigenvalue weighted by atomic mass is 16.4. The van der Waals surface area contributed by atoms with Gasteiger partial charge in [0.2, 0.25) is 11.8 Å². The van der Waals surface area contributed by atoms with Crippen LogP contribution in [0.15, 0.2) is 24.3 Å². The number of nitrogens with zero attached hydrogens (tertiary/aromatic N) is 1. The molecule has 0 aromatic heterocycles. The zero-order valence-electron chi connectivity index (χ0n) is 15.1. The molecule has 2 amide bonds. The number of rotatable bonds is 5. The van der Waals surface area contributed by atoms with Gasteiger partial charge in [-0.2, -0.15) is 0 Å². The van der Waals surface area contributed by atoms with E-state index >= 15 is 0 Å². The lowest BCUT2D eigenvalue weighted by atomic mass is 9.81. The molecule has 1 aromatic carbocycles. The van der Waals surface area contributed by atoms with Crippen molar-refractivity contribution in [2.75, 3.05) is 23.7 Å². The zero-order valence-corrected chi connectivity index (χ0v) is 15.1. The Morgan fingerprint density at radius 2 is 1.96 bits per heavy atom. The van der Waals surface area contributed by atoms with Crippen molar-refractivity contribution >= 4 is 29.2 Å². The van der Waals surface area contributed by atoms with Gasteiger partial charge in [-0.1, -0.05) is 12.5 Å². The fourth-order valence-electron chi connectivity index (χ4n) is 4.26. The third-order valence-corrected chi connectivity index (χ3v) is 5.70. The average Bonchev–Trinajstić information content (AvgIpc) is 3.12. The van der Waals surface area contributed by atoms with Gasteiger partial charge < -0.3 is 15.7 Å². The first-order valence-electron chi connectivity index (χ1n) is 8.98. The quantitative estimate of drug-likeness (QED) is 0.748. The predicted octanol–water partition coefficient (Wildman–Crippen LogP) is 2.16. The zero-order chi connectivity index (χ0) is 18.9. The number of carboxylic acid groups (broad SMARTS) is 1. The second kappa shape index (κ2) is 7.07. The van der Waals surface area contributed by atoms with Crippen LogP contribution in [0.2, 0.25) is 0 Å². The van der Waals surface area contributed by atoms with Gasteiger partial charge in [-0.05, 0) is 43.9 Å². The molecular formula is C19H25N3O4. The van der Waals surface area contributed by atoms with E-state index in [1.165, 1.54) is 6.92 Å². The van der Waals surface area contributed by atoms with E-state index in [2.05, 4.69) is 10.6 Å². The summed E-state index contributed by atoms with van der Waals surface area (Å²) in [6, 6.07) is 6.54. The topological polar surface area (TPSA) is 98.7 Å². The lowest BCUT2D eigenvalue weighted by Crippen LogP contribution is -2.43. The molecule has 26 heavy (non-hydrogen) atoms. The summed E-state index contributed by atoms with van der Waals surface area (Å²) in [5.41, 5.74) is 0.517. The summed E-state index contributed by atoms with van der Waals surface area (Å²) >= 11 is 0. The standard InChI is InChI=1S/C19H25N3O4/c1-12(22-10-14-5-4-8-19(14,11-22)18(25)26)17(24)21-16-7-3-6-15(9-16)20-13(2)23/h3,6-7,9,12,14H,4-5,8,10-11H2,1-2H3,(H,20,23)(H,21,24)(H,25,26)/t12?,14-,19+/m0/s1. The molecule has 0 spiro atoms. The summed E-state index contributed by atoms with van der Waals surface area (Å²) in [5.74, 6) is -0.966. The highest BCUT2D eigenvalue weighted by molar-refractivity contribution is 5.96. The Hall–Kier alpha value is -2.41. The number of hydrogen-bond donors (Lipinski definition) is 3. The van der Waals surface area contributed by atoms with Crippen LogP contribution in [0.5, 0.6) is 0 Å². The van der Waals surface area contributed by atoms with Crippen molar-refractivity contribution in [1.82, 2.24) is 4.90 Å². The number of anilines is 2. The van der Waals surface area contributed by atoms with Crippen LogP contribution in [0.1, 0.15) is 33.1 Å². The summed E-state index contributed by atoms with van der Waals surface area (Å²) in [4.78, 5) is 37.6. The van der Waals surface area contributed by atoms with Gasteiger partial charge >= 0.3 is 5.97 Å². The first kappa shape index (κ1) is 18.4. The van der Waals surface area contributed by atoms with E-state index in [9.17, 15) is 19.5 Å². The molecule has 3 N–H and O–H groups in total. The molecule has 1 saturated carbocycles. The number of nitrogens with one attached hydrogen (secondary N) is 2. The monoisotopic (exact) mass is 359 g/mol. The van der Waals surface area contributed by atoms with Gasteiger partial charge in [0.15, 0.2) is 0 Å². The molecule has 2 fully saturated rings. The molecule has 140 valence electrons. The van der Waals surface area contributed by atoms with Gasteiger partial charge in [0.25, 0.3) is 0 Å². The van der Waals surface area contributed by atoms with Gasteiger partial charge in [0, 0.05) is 31.4 Å². The summed E-state index contributed by atoms with van der Waals surface area (Å²) in [6.45, 7) is 4.31. The number of carbonyl (C=O) groups is 3. The molecule has 0 radical (unpaired) electrons. The fourth-order valence-corrected chi connectivity index (χ4v) is 4.26. The van der Waals surface area contributed by atoms with Crippen LogP contribution in [0.3, 0.4) is 0 Å². The third kappa shape index (κ3) is 3.44. The summed E-state index contributed by atoms with van der Waals surface area (Å²) in [7, 11) is 0. The molecule has 1 aromatic rings. The molecule has 3 atom stereocenters. The Bertz CT molecular complexity index is 735. The van der Waals surface area contributed by atoms with Gasteiger partial charge in [-0.25, -0.2) is 0 Å². The van der Waals surface area contributed by atoms with Crippen LogP contribution in [-0.4, -0.2) is 46.9 Å². The maximum Gasteiger partial charge on any atom is 0.311 e. The third-order valence-electron chi connectivity index (χ3n) is 5.70. The smallest absolute Gasteiger partial charge is 0.311 e. The van der Waals surface area contributed by atoms with Crippen molar-refractivity contribution in [3.05, 3.63) is 24.3 Å². The van der Waals surface area contributed by atoms with E-state index in [-0.39, 0.29) is 17.7 Å². The molecular weight excluding hydrogens is 334 g/mol. The number of carboxylic acids is 1. The van der Waals surface area contributed by atoms with E-state index in [4.69, 9.17) is 0 Å². The lowest BCUT2D eigenvalue weighted by molar-refractivity contribution is -0.149. The number of benzene rings is 1. The van der Waals surface area contributed by atoms with Crippen LogP contribution in [0.4, 0.5) is 11.4 Å². The Balaban J connectivity index is 1.66. The van der Waals surface area contributed by atoms with Crippen molar-refractivity contribution in [2.45, 2.75) is 39.2 Å². The van der Waals surface area contributed by atoms with Gasteiger partial charge in [0.05, 0.1) is 11.5 Å². The largest absolute Gasteiger partial charge is 0.481 e. The molecule has 7 nitrogen and oxygen atoms in total. The van der Waals surface area contributed by atoms with E-state index in [0.717, 1.165) is 12.8 Å². The maximum absolute atomic E-state index is 12.6. The average molecular weight is 359 g/mol. The highest BCUT2D eigenvalue weighted by Crippen LogP contribution is 2.49. The van der Waals surface area contributed by atoms with Crippen molar-refractivity contribution in [2.24, 2.45) is 11.3 Å². The number of carbonyl (C=O) groups excluding carboxylic acids is 2. The van der Waals surface area contributed by atoms with Crippen LogP contribution < -0.4 is 10.6 Å². The molecule has 1 unspecified atom stereocenters. The molecule has 1 aliphatic heterocycles. The molecule has 7 heteroatoms. The van der Waals surface area contributed by atoms with Crippen LogP contribution in [0, 0.1) is 11.3 Å². The summed E-state index contributed by atoms with van der Waals surface area (Å²) in [6.07, 6.45) is 2.55. The number of likely N-dealkylation sites (tertiary alicyclic amines) is 1. The Morgan fingerprint density at radius 1 is 1.27 bits per heavy atom. The highest BCUT2D eigenvalue weighted by Gasteiger charge is 2.55. The number of fused-ring (bicyclic) bond motifs is 1. The van der Waals surface area contributed by atoms with Crippen molar-refractivity contribution in [3.8, 4) is 0 Å². The van der Waals surface area contributed by atoms with Gasteiger partial charge in [-0.15, -0.1) is 0 Å². The molecule has 2 aliphatic rings. The Kier molecular flexibility index (Phi) is 5.00. The number of hydrogen-bond acceptors (Lipinski definition) is 4. The maximum atomic E-state index is 12.6. The molecule has 1 saturated heterocycles. The number of amides is 2. The van der Waals surface area contributed by atoms with E-state index < -0.39 is 17.4 Å². The molecule has 3 rings (SSSR count). The van der Waals surface area contributed by atoms with Gasteiger partial charge in [0.1, 0.15) is 0 Å². The first-order valence-corrected chi connectivity index (χ1v) is 8.98. The molecule has 1 aliphatic carbocycles. The Labute approximate surface area is 152 Å². The first-order chi connectivity index (χ1) is 12.3. The van der Waals surface area contributed by atoms with Crippen LogP contribution >= 0.6 is 0 Å². The van der Waals surface area contributed by atoms with E-state index in [0.29, 0.717) is 30.9 Å². The second-order valence-electron chi connectivity index (χ2n) is 7.41. The van der Waals surface area contributed by atoms with Crippen molar-refractivity contribution in [3.63, 3.8) is 0 Å². The summed E-state index contributed by atoms with van der Waals surface area (Å²) in [5, 5.41) is 15.2. The molecule has 0 bridgehead atoms. The van der Waals surface area contributed by atoms with Crippen LogP contribution in [-0.2, 0) is 14.4 Å². The van der Waals surface area contributed by atoms with Crippen molar-refractivity contribution < 1.29 is 19.5 Å². The minimum atomic E-state index is -0.738. The summed E-state index contributed by atoms with van der Waals surface area (Å²) < 4.78 is 0. The van der Waals surface area contributed by atoms with Crippen LogP contribution in [0.25, 0.3) is 0 Å². The predicted molar refractivity (Wildman–Crippen MR) is 97.8 cm³/mol. The van der Waals surface area contributed by atoms with E-state index in [1.807, 2.05) is 11.8 Å². The SMILES string of the molecule is CC(=O)Nc1cccc(NC(=O)C(C)N2C[C@@H]3CCC[C@@]3(C(=O)O)C2)c1. The van der Waals surface area contributed by atoms with Crippen molar-refractivity contribution in [1.29, 1.82) is 0 Å². The number of aliphatic carboxylic acids is 1. The lowest BCUT2D eigenvalue weighted by Gasteiger charge is -2.26. The van der Waals surface area contributed by atoms with E-state index in [1.54, 1.807) is 24.3 Å². The van der Waals surface area contributed by atoms with Gasteiger partial charge in [-0.3, -0.25) is 19.3 Å². The Morgan fingerprint density at radius 3 is 2.58 bits per heavy atom. The second-order valence-corrected chi connectivity index (χ2v) is 7.41. The minimum Gasteiger partial charge on any atom is -0.481 e.